The highest BCUT2D eigenvalue weighted by atomic mass is 32.2. The number of nitrogens with two attached hydrogens (primary N) is 1. The van der Waals surface area contributed by atoms with Crippen LogP contribution in [0.15, 0.2) is 4.34 Å². The summed E-state index contributed by atoms with van der Waals surface area (Å²) in [6.45, 7) is 0. The zero-order chi connectivity index (χ0) is 14.6. The van der Waals surface area contributed by atoms with Crippen LogP contribution in [0.4, 0.5) is 0 Å². The smallest absolute Gasteiger partial charge is 0.267 e. The molecular weight excluding hydrogens is 298 g/mol. The maximum absolute atomic E-state index is 11.9. The van der Waals surface area contributed by atoms with Gasteiger partial charge < -0.3 is 0 Å². The van der Waals surface area contributed by atoms with Crippen molar-refractivity contribution in [1.29, 1.82) is 0 Å². The molecule has 8 heteroatoms. The van der Waals surface area contributed by atoms with Crippen molar-refractivity contribution in [3.05, 3.63) is 5.01 Å². The first-order chi connectivity index (χ1) is 9.45. The van der Waals surface area contributed by atoms with Crippen molar-refractivity contribution in [3.63, 3.8) is 0 Å². The molecule has 0 radical (unpaired) electrons. The molecule has 0 bridgehead atoms. The molecule has 1 aliphatic rings. The molecule has 2 rings (SSSR count). The van der Waals surface area contributed by atoms with Crippen LogP contribution in [0.25, 0.3) is 0 Å². The summed E-state index contributed by atoms with van der Waals surface area (Å²) in [5.41, 5.74) is 0. The summed E-state index contributed by atoms with van der Waals surface area (Å²) < 4.78 is 21.9. The molecule has 2 N–H and O–H groups in total. The molecular formula is C12H19N3O3S2. The quantitative estimate of drug-likeness (QED) is 0.859. The average Bonchev–Trinajstić information content (AvgIpc) is 2.86. The van der Waals surface area contributed by atoms with Gasteiger partial charge in [-0.05, 0) is 12.3 Å². The van der Waals surface area contributed by atoms with Crippen LogP contribution in [0.1, 0.15) is 50.0 Å². The number of aromatic nitrogens is 2. The van der Waals surface area contributed by atoms with E-state index in [1.165, 1.54) is 32.1 Å². The van der Waals surface area contributed by atoms with Gasteiger partial charge in [0.25, 0.3) is 10.0 Å². The molecule has 1 heterocycles. The molecule has 0 unspecified atom stereocenters. The predicted molar refractivity (Wildman–Crippen MR) is 75.8 cm³/mol. The van der Waals surface area contributed by atoms with Gasteiger partial charge in [-0.1, -0.05) is 43.4 Å². The molecule has 0 aliphatic heterocycles. The van der Waals surface area contributed by atoms with Gasteiger partial charge in [0.2, 0.25) is 4.34 Å². The van der Waals surface area contributed by atoms with Crippen molar-refractivity contribution >= 4 is 27.1 Å². The molecule has 0 saturated heterocycles. The minimum Gasteiger partial charge on any atom is -0.299 e. The van der Waals surface area contributed by atoms with E-state index >= 15 is 0 Å². The third-order valence-corrected chi connectivity index (χ3v) is 5.83. The molecule has 1 aliphatic carbocycles. The lowest BCUT2D eigenvalue weighted by molar-refractivity contribution is -0.118. The van der Waals surface area contributed by atoms with Crippen molar-refractivity contribution in [2.75, 3.05) is 0 Å². The maximum Gasteiger partial charge on any atom is 0.267 e. The summed E-state index contributed by atoms with van der Waals surface area (Å²) in [6, 6.07) is 0. The highest BCUT2D eigenvalue weighted by Gasteiger charge is 2.18. The Morgan fingerprint density at radius 1 is 1.25 bits per heavy atom. The van der Waals surface area contributed by atoms with Gasteiger partial charge in [0.05, 0.1) is 6.42 Å². The predicted octanol–water partition coefficient (Wildman–Crippen LogP) is 1.66. The topological polar surface area (TPSA) is 103 Å². The SMILES string of the molecule is NS(=O)(=O)c1nnc(CC(=O)CCC2CCCCC2)s1. The number of hydrogen-bond donors (Lipinski definition) is 1. The molecule has 0 amide bonds. The molecule has 0 atom stereocenters. The summed E-state index contributed by atoms with van der Waals surface area (Å²) >= 11 is 0.874. The fourth-order valence-corrected chi connectivity index (χ4v) is 4.03. The number of carbonyl (C=O) groups excluding carboxylic acids is 1. The van der Waals surface area contributed by atoms with Gasteiger partial charge in [0, 0.05) is 6.42 Å². The second-order valence-electron chi connectivity index (χ2n) is 5.26. The Labute approximate surface area is 122 Å². The van der Waals surface area contributed by atoms with E-state index in [-0.39, 0.29) is 16.5 Å². The first-order valence-electron chi connectivity index (χ1n) is 6.82. The molecule has 20 heavy (non-hydrogen) atoms. The molecule has 0 aromatic carbocycles. The fourth-order valence-electron chi connectivity index (χ4n) is 2.52. The van der Waals surface area contributed by atoms with Crippen molar-refractivity contribution < 1.29 is 13.2 Å². The van der Waals surface area contributed by atoms with E-state index in [4.69, 9.17) is 5.14 Å². The molecule has 1 aromatic rings. The largest absolute Gasteiger partial charge is 0.299 e. The summed E-state index contributed by atoms with van der Waals surface area (Å²) in [6.07, 6.45) is 7.92. The summed E-state index contributed by atoms with van der Waals surface area (Å²) in [4.78, 5) is 11.9. The lowest BCUT2D eigenvalue weighted by Crippen LogP contribution is -2.11. The molecule has 0 spiro atoms. The van der Waals surface area contributed by atoms with Crippen molar-refractivity contribution in [3.8, 4) is 0 Å². The van der Waals surface area contributed by atoms with Crippen LogP contribution in [-0.4, -0.2) is 24.4 Å². The Bertz CT molecular complexity index is 562. The van der Waals surface area contributed by atoms with E-state index in [0.29, 0.717) is 17.3 Å². The van der Waals surface area contributed by atoms with Gasteiger partial charge in [-0.15, -0.1) is 10.2 Å². The van der Waals surface area contributed by atoms with Gasteiger partial charge in [-0.3, -0.25) is 4.79 Å². The third kappa shape index (κ3) is 4.60. The van der Waals surface area contributed by atoms with Crippen molar-refractivity contribution in [2.24, 2.45) is 11.1 Å². The zero-order valence-electron chi connectivity index (χ0n) is 11.2. The number of rotatable bonds is 6. The van der Waals surface area contributed by atoms with Crippen LogP contribution < -0.4 is 5.14 Å². The normalized spacial score (nSPS) is 17.2. The van der Waals surface area contributed by atoms with E-state index < -0.39 is 10.0 Å². The standard InChI is InChI=1S/C12H19N3O3S2/c13-20(17,18)12-15-14-11(19-12)8-10(16)7-6-9-4-2-1-3-5-9/h9H,1-8H2,(H2,13,17,18). The van der Waals surface area contributed by atoms with Crippen LogP contribution in [0.2, 0.25) is 0 Å². The van der Waals surface area contributed by atoms with Gasteiger partial charge >= 0.3 is 0 Å². The molecule has 1 saturated carbocycles. The number of nitrogens with zero attached hydrogens (tertiary/aromatic N) is 2. The summed E-state index contributed by atoms with van der Waals surface area (Å²) in [5.74, 6) is 0.759. The molecule has 6 nitrogen and oxygen atoms in total. The van der Waals surface area contributed by atoms with Gasteiger partial charge in [-0.2, -0.15) is 0 Å². The Kier molecular flexibility index (Phi) is 5.22. The number of ketones is 1. The average molecular weight is 317 g/mol. The Morgan fingerprint density at radius 2 is 1.95 bits per heavy atom. The summed E-state index contributed by atoms with van der Waals surface area (Å²) in [5, 5.41) is 12.6. The zero-order valence-corrected chi connectivity index (χ0v) is 12.9. The number of carbonyl (C=O) groups is 1. The third-order valence-electron chi connectivity index (χ3n) is 3.60. The number of Topliss-reactive ketones (excluding diaryl/α,β-unsaturated/α-hetero) is 1. The Hall–Kier alpha value is -0.860. The summed E-state index contributed by atoms with van der Waals surface area (Å²) in [7, 11) is -3.81. The van der Waals surface area contributed by atoms with E-state index in [0.717, 1.165) is 17.8 Å². The second kappa shape index (κ2) is 6.73. The van der Waals surface area contributed by atoms with E-state index in [9.17, 15) is 13.2 Å². The van der Waals surface area contributed by atoms with Crippen LogP contribution >= 0.6 is 11.3 Å². The van der Waals surface area contributed by atoms with Gasteiger partial charge in [0.15, 0.2) is 0 Å². The van der Waals surface area contributed by atoms with E-state index in [1.807, 2.05) is 0 Å². The van der Waals surface area contributed by atoms with Crippen LogP contribution in [0, 0.1) is 5.92 Å². The number of hydrogen-bond acceptors (Lipinski definition) is 6. The highest BCUT2D eigenvalue weighted by molar-refractivity contribution is 7.91. The van der Waals surface area contributed by atoms with Crippen LogP contribution in [0.3, 0.4) is 0 Å². The molecule has 1 fully saturated rings. The maximum atomic E-state index is 11.9. The molecule has 112 valence electrons. The fraction of sp³-hybridized carbons (Fsp3) is 0.750. The lowest BCUT2D eigenvalue weighted by atomic mass is 9.85. The number of sulfonamides is 1. The van der Waals surface area contributed by atoms with E-state index in [2.05, 4.69) is 10.2 Å². The van der Waals surface area contributed by atoms with Gasteiger partial charge in [-0.25, -0.2) is 13.6 Å². The lowest BCUT2D eigenvalue weighted by Gasteiger charge is -2.20. The van der Waals surface area contributed by atoms with E-state index in [1.54, 1.807) is 0 Å². The molecule has 1 aromatic heterocycles. The minimum atomic E-state index is -3.81. The Balaban J connectivity index is 1.80. The van der Waals surface area contributed by atoms with Crippen molar-refractivity contribution in [1.82, 2.24) is 10.2 Å². The second-order valence-corrected chi connectivity index (χ2v) is 8.06. The minimum absolute atomic E-state index is 0.0905. The first-order valence-corrected chi connectivity index (χ1v) is 9.18. The van der Waals surface area contributed by atoms with Gasteiger partial charge in [0.1, 0.15) is 10.8 Å². The first kappa shape index (κ1) is 15.5. The monoisotopic (exact) mass is 317 g/mol. The highest BCUT2D eigenvalue weighted by Crippen LogP contribution is 2.27. The van der Waals surface area contributed by atoms with Crippen LogP contribution in [0.5, 0.6) is 0 Å². The Morgan fingerprint density at radius 3 is 2.55 bits per heavy atom. The van der Waals surface area contributed by atoms with Crippen LogP contribution in [-0.2, 0) is 21.2 Å². The number of primary sulfonamides is 1. The van der Waals surface area contributed by atoms with Crippen molar-refractivity contribution in [2.45, 2.75) is 55.7 Å².